The lowest BCUT2D eigenvalue weighted by Gasteiger charge is -2.35. The van der Waals surface area contributed by atoms with E-state index in [4.69, 9.17) is 0 Å². The van der Waals surface area contributed by atoms with Gasteiger partial charge in [0.15, 0.2) is 0 Å². The Balaban J connectivity index is 3.39. The van der Waals surface area contributed by atoms with Crippen molar-refractivity contribution in [3.63, 3.8) is 0 Å². The normalized spacial score (nSPS) is 13.8. The summed E-state index contributed by atoms with van der Waals surface area (Å²) in [5.41, 5.74) is -2.80. The van der Waals surface area contributed by atoms with Gasteiger partial charge in [-0.2, -0.15) is 13.2 Å². The van der Waals surface area contributed by atoms with Crippen LogP contribution in [0.4, 0.5) is 18.9 Å². The van der Waals surface area contributed by atoms with E-state index in [0.717, 1.165) is 0 Å². The van der Waals surface area contributed by atoms with Crippen LogP contribution in [0, 0.1) is 6.92 Å². The van der Waals surface area contributed by atoms with Gasteiger partial charge in [0.2, 0.25) is 5.91 Å². The van der Waals surface area contributed by atoms with E-state index in [1.165, 1.54) is 26.0 Å². The van der Waals surface area contributed by atoms with Crippen LogP contribution in [-0.4, -0.2) is 30.3 Å². The van der Waals surface area contributed by atoms with Gasteiger partial charge in [0.05, 0.1) is 6.61 Å². The van der Waals surface area contributed by atoms with E-state index in [2.05, 4.69) is 10.1 Å². The number of halogens is 3. The van der Waals surface area contributed by atoms with E-state index >= 15 is 0 Å². The molecule has 0 heterocycles. The first-order valence-corrected chi connectivity index (χ1v) is 7.06. The Morgan fingerprint density at radius 2 is 1.78 bits per heavy atom. The number of hydrogen-bond donors (Lipinski definition) is 2. The molecule has 0 bridgehead atoms. The number of benzene rings is 1. The molecule has 0 aliphatic heterocycles. The predicted octanol–water partition coefficient (Wildman–Crippen LogP) is 2.75. The molecular weight excluding hydrogens is 313 g/mol. The Hall–Kier alpha value is -2.25. The van der Waals surface area contributed by atoms with Gasteiger partial charge in [0.25, 0.3) is 0 Å². The molecule has 1 rings (SSSR count). The summed E-state index contributed by atoms with van der Waals surface area (Å²) in [6.45, 7) is 4.09. The van der Waals surface area contributed by atoms with Gasteiger partial charge in [0.1, 0.15) is 0 Å². The average molecular weight is 332 g/mol. The van der Waals surface area contributed by atoms with Crippen molar-refractivity contribution in [1.82, 2.24) is 5.32 Å². The number of aryl methyl sites for hydroxylation is 1. The van der Waals surface area contributed by atoms with Crippen molar-refractivity contribution in [2.24, 2.45) is 0 Å². The van der Waals surface area contributed by atoms with Crippen molar-refractivity contribution in [2.75, 3.05) is 11.9 Å². The summed E-state index contributed by atoms with van der Waals surface area (Å²) in [5.74, 6) is -2.55. The quantitative estimate of drug-likeness (QED) is 0.621. The van der Waals surface area contributed by atoms with Gasteiger partial charge in [-0.1, -0.05) is 25.1 Å². The smallest absolute Gasteiger partial charge is 0.441 e. The van der Waals surface area contributed by atoms with Crippen LogP contribution in [0.3, 0.4) is 0 Å². The maximum Gasteiger partial charge on any atom is 0.441 e. The average Bonchev–Trinajstić information content (AvgIpc) is 2.47. The molecule has 2 N–H and O–H groups in total. The van der Waals surface area contributed by atoms with Crippen LogP contribution in [0.2, 0.25) is 0 Å². The third kappa shape index (κ3) is 4.14. The highest BCUT2D eigenvalue weighted by Crippen LogP contribution is 2.34. The highest BCUT2D eigenvalue weighted by Gasteiger charge is 2.63. The van der Waals surface area contributed by atoms with Crippen molar-refractivity contribution in [3.05, 3.63) is 29.8 Å². The molecular formula is C15H19F3N2O3. The minimum atomic E-state index is -5.10. The second-order valence-corrected chi connectivity index (χ2v) is 4.81. The zero-order valence-corrected chi connectivity index (χ0v) is 13.1. The topological polar surface area (TPSA) is 67.4 Å². The van der Waals surface area contributed by atoms with Crippen LogP contribution in [0.1, 0.15) is 25.8 Å². The lowest BCUT2D eigenvalue weighted by atomic mass is 10.1. The fourth-order valence-electron chi connectivity index (χ4n) is 1.84. The van der Waals surface area contributed by atoms with Gasteiger partial charge in [-0.25, -0.2) is 4.79 Å². The van der Waals surface area contributed by atoms with E-state index in [0.29, 0.717) is 5.56 Å². The van der Waals surface area contributed by atoms with Crippen LogP contribution in [0.15, 0.2) is 24.3 Å². The molecule has 0 radical (unpaired) electrons. The van der Waals surface area contributed by atoms with Gasteiger partial charge in [-0.15, -0.1) is 0 Å². The van der Waals surface area contributed by atoms with E-state index in [1.807, 2.05) is 0 Å². The molecule has 8 heteroatoms. The minimum Gasteiger partial charge on any atom is -0.463 e. The van der Waals surface area contributed by atoms with Gasteiger partial charge < -0.3 is 15.4 Å². The number of amides is 1. The molecule has 128 valence electrons. The van der Waals surface area contributed by atoms with Crippen LogP contribution < -0.4 is 10.6 Å². The van der Waals surface area contributed by atoms with Crippen LogP contribution in [-0.2, 0) is 14.3 Å². The second kappa shape index (κ2) is 7.34. The number of esters is 1. The summed E-state index contributed by atoms with van der Waals surface area (Å²) in [7, 11) is 0. The minimum absolute atomic E-state index is 0.0641. The number of nitrogens with one attached hydrogen (secondary N) is 2. The van der Waals surface area contributed by atoms with Crippen LogP contribution >= 0.6 is 0 Å². The summed E-state index contributed by atoms with van der Waals surface area (Å²) in [4.78, 5) is 23.7. The Bertz CT molecular complexity index is 575. The first-order chi connectivity index (χ1) is 10.7. The number of rotatable bonds is 6. The van der Waals surface area contributed by atoms with E-state index in [1.54, 1.807) is 24.4 Å². The Labute approximate surface area is 132 Å². The Morgan fingerprint density at radius 1 is 1.17 bits per heavy atom. The molecule has 5 nitrogen and oxygen atoms in total. The van der Waals surface area contributed by atoms with Crippen molar-refractivity contribution in [2.45, 2.75) is 39.0 Å². The number of ether oxygens (including phenoxy) is 1. The van der Waals surface area contributed by atoms with E-state index in [9.17, 15) is 22.8 Å². The van der Waals surface area contributed by atoms with Crippen LogP contribution in [0.5, 0.6) is 0 Å². The third-order valence-corrected chi connectivity index (χ3v) is 3.12. The van der Waals surface area contributed by atoms with Crippen molar-refractivity contribution >= 4 is 17.6 Å². The molecule has 1 aromatic rings. The lowest BCUT2D eigenvalue weighted by Crippen LogP contribution is -2.69. The first-order valence-electron chi connectivity index (χ1n) is 7.06. The number of anilines is 1. The Kier molecular flexibility index (Phi) is 6.00. The molecule has 0 saturated carbocycles. The second-order valence-electron chi connectivity index (χ2n) is 4.81. The molecule has 0 spiro atoms. The third-order valence-electron chi connectivity index (χ3n) is 3.12. The SMILES string of the molecule is CCOC(=O)[C@](NC(=O)CC)(Nc1ccccc1C)C(F)(F)F. The van der Waals surface area contributed by atoms with Crippen LogP contribution in [0.25, 0.3) is 0 Å². The molecule has 0 aliphatic rings. The van der Waals surface area contributed by atoms with Gasteiger partial charge in [-0.05, 0) is 25.5 Å². The largest absolute Gasteiger partial charge is 0.463 e. The van der Waals surface area contributed by atoms with Crippen molar-refractivity contribution in [3.8, 4) is 0 Å². The monoisotopic (exact) mass is 332 g/mol. The van der Waals surface area contributed by atoms with Gasteiger partial charge >= 0.3 is 17.8 Å². The molecule has 0 saturated heterocycles. The maximum atomic E-state index is 13.7. The maximum absolute atomic E-state index is 13.7. The summed E-state index contributed by atoms with van der Waals surface area (Å²) >= 11 is 0. The molecule has 0 unspecified atom stereocenters. The van der Waals surface area contributed by atoms with Crippen molar-refractivity contribution < 1.29 is 27.5 Å². The predicted molar refractivity (Wildman–Crippen MR) is 78.7 cm³/mol. The summed E-state index contributed by atoms with van der Waals surface area (Å²) < 4.78 is 45.6. The van der Waals surface area contributed by atoms with E-state index < -0.39 is 23.7 Å². The molecule has 0 aromatic heterocycles. The van der Waals surface area contributed by atoms with Gasteiger partial charge in [0, 0.05) is 12.1 Å². The fourth-order valence-corrected chi connectivity index (χ4v) is 1.84. The number of hydrogen-bond acceptors (Lipinski definition) is 4. The number of para-hydroxylation sites is 1. The first kappa shape index (κ1) is 18.8. The highest BCUT2D eigenvalue weighted by molar-refractivity contribution is 5.91. The molecule has 1 atom stereocenters. The van der Waals surface area contributed by atoms with Gasteiger partial charge in [-0.3, -0.25) is 4.79 Å². The van der Waals surface area contributed by atoms with Crippen molar-refractivity contribution in [1.29, 1.82) is 0 Å². The highest BCUT2D eigenvalue weighted by atomic mass is 19.4. The summed E-state index contributed by atoms with van der Waals surface area (Å²) in [6.07, 6.45) is -5.32. The van der Waals surface area contributed by atoms with E-state index in [-0.39, 0.29) is 18.7 Å². The molecule has 0 aliphatic carbocycles. The number of carbonyl (C=O) groups is 2. The summed E-state index contributed by atoms with van der Waals surface area (Å²) in [6, 6.07) is 6.12. The molecule has 23 heavy (non-hydrogen) atoms. The number of carbonyl (C=O) groups excluding carboxylic acids is 2. The Morgan fingerprint density at radius 3 is 2.26 bits per heavy atom. The zero-order chi connectivity index (χ0) is 17.7. The molecule has 1 amide bonds. The fraction of sp³-hybridized carbons (Fsp3) is 0.467. The zero-order valence-electron chi connectivity index (χ0n) is 13.1. The standard InChI is InChI=1S/C15H19F3N2O3/c1-4-12(21)20-14(15(16,17)18,13(22)23-5-2)19-11-9-7-6-8-10(11)3/h6-9,19H,4-5H2,1-3H3,(H,20,21)/t14-/m1/s1. The molecule has 0 fully saturated rings. The summed E-state index contributed by atoms with van der Waals surface area (Å²) in [5, 5.41) is 3.85. The molecule has 1 aromatic carbocycles. The lowest BCUT2D eigenvalue weighted by molar-refractivity contribution is -0.207. The number of alkyl halides is 3.